The predicted octanol–water partition coefficient (Wildman–Crippen LogP) is 2.86. The monoisotopic (exact) mass is 435 g/mol. The van der Waals surface area contributed by atoms with Gasteiger partial charge in [-0.25, -0.2) is 9.97 Å². The average molecular weight is 436 g/mol. The van der Waals surface area contributed by atoms with Crippen LogP contribution in [0.4, 0.5) is 5.69 Å². The fraction of sp³-hybridized carbons (Fsp3) is 0.560. The van der Waals surface area contributed by atoms with Gasteiger partial charge in [0.25, 0.3) is 5.91 Å². The molecule has 0 spiro atoms. The lowest BCUT2D eigenvalue weighted by atomic mass is 9.72. The second-order valence-corrected chi connectivity index (χ2v) is 9.53. The number of hydrogen-bond acceptors (Lipinski definition) is 6. The fourth-order valence-corrected chi connectivity index (χ4v) is 5.45. The van der Waals surface area contributed by atoms with E-state index in [1.165, 1.54) is 0 Å². The van der Waals surface area contributed by atoms with Crippen molar-refractivity contribution in [3.63, 3.8) is 0 Å². The highest BCUT2D eigenvalue weighted by atomic mass is 16.5. The quantitative estimate of drug-likeness (QED) is 0.720. The molecule has 1 saturated carbocycles. The van der Waals surface area contributed by atoms with E-state index in [2.05, 4.69) is 32.8 Å². The summed E-state index contributed by atoms with van der Waals surface area (Å²) < 4.78 is 5.96. The minimum absolute atomic E-state index is 0.0985. The fourth-order valence-electron chi connectivity index (χ4n) is 5.45. The highest BCUT2D eigenvalue weighted by Crippen LogP contribution is 2.40. The number of amides is 1. The molecule has 32 heavy (non-hydrogen) atoms. The van der Waals surface area contributed by atoms with Crippen LogP contribution in [0.15, 0.2) is 36.5 Å². The molecular weight excluding hydrogens is 402 g/mol. The lowest BCUT2D eigenvalue weighted by Crippen LogP contribution is -2.55. The molecule has 5 heterocycles. The van der Waals surface area contributed by atoms with Gasteiger partial charge >= 0.3 is 0 Å². The number of ether oxygens (including phenoxy) is 1. The van der Waals surface area contributed by atoms with Crippen LogP contribution in [0, 0.1) is 18.8 Å². The Hall–Kier alpha value is -2.67. The molecule has 1 aliphatic carbocycles. The van der Waals surface area contributed by atoms with Crippen LogP contribution in [0.1, 0.15) is 35.4 Å². The molecule has 7 nitrogen and oxygen atoms in total. The highest BCUT2D eigenvalue weighted by molar-refractivity contribution is 5.98. The summed E-state index contributed by atoms with van der Waals surface area (Å²) >= 11 is 0. The van der Waals surface area contributed by atoms with Gasteiger partial charge in [0.1, 0.15) is 0 Å². The number of rotatable bonds is 5. The SMILES string of the molecule is Cc1ccc(N2CCN(C)CC2)c(C(=O)N2CC3CCC2CC3COc2ccccn2)n1. The molecule has 3 aliphatic heterocycles. The molecule has 4 aliphatic rings. The number of hydrogen-bond donors (Lipinski definition) is 0. The number of pyridine rings is 2. The maximum atomic E-state index is 13.7. The summed E-state index contributed by atoms with van der Waals surface area (Å²) in [5.74, 6) is 1.73. The number of carbonyl (C=O) groups is 1. The Kier molecular flexibility index (Phi) is 6.00. The first-order valence-electron chi connectivity index (χ1n) is 11.8. The number of fused-ring (bicyclic) bond motifs is 3. The molecule has 6 rings (SSSR count). The number of piperidine rings is 2. The topological polar surface area (TPSA) is 61.8 Å². The zero-order valence-electron chi connectivity index (χ0n) is 19.1. The van der Waals surface area contributed by atoms with Crippen LogP contribution in [0.25, 0.3) is 0 Å². The Bertz CT molecular complexity index is 945. The van der Waals surface area contributed by atoms with E-state index in [0.717, 1.165) is 63.4 Å². The molecule has 2 bridgehead atoms. The largest absolute Gasteiger partial charge is 0.477 e. The number of nitrogens with zero attached hydrogens (tertiary/aromatic N) is 5. The Morgan fingerprint density at radius 3 is 2.69 bits per heavy atom. The molecule has 3 atom stereocenters. The molecule has 0 radical (unpaired) electrons. The molecule has 3 saturated heterocycles. The van der Waals surface area contributed by atoms with Gasteiger partial charge in [0.2, 0.25) is 5.88 Å². The van der Waals surface area contributed by atoms with E-state index in [0.29, 0.717) is 30.0 Å². The summed E-state index contributed by atoms with van der Waals surface area (Å²) in [6.45, 7) is 7.33. The van der Waals surface area contributed by atoms with Crippen molar-refractivity contribution in [1.29, 1.82) is 0 Å². The van der Waals surface area contributed by atoms with E-state index in [4.69, 9.17) is 9.72 Å². The smallest absolute Gasteiger partial charge is 0.274 e. The molecule has 2 aromatic heterocycles. The van der Waals surface area contributed by atoms with Gasteiger partial charge in [0, 0.05) is 56.7 Å². The lowest BCUT2D eigenvalue weighted by Gasteiger charge is -2.49. The number of likely N-dealkylation sites (N-methyl/N-ethyl adjacent to an activating group) is 1. The van der Waals surface area contributed by atoms with E-state index in [1.54, 1.807) is 6.20 Å². The van der Waals surface area contributed by atoms with Crippen molar-refractivity contribution < 1.29 is 9.53 Å². The number of anilines is 1. The summed E-state index contributed by atoms with van der Waals surface area (Å²) in [6, 6.07) is 10.1. The maximum absolute atomic E-state index is 13.7. The van der Waals surface area contributed by atoms with Gasteiger partial charge in [-0.15, -0.1) is 0 Å². The molecule has 3 unspecified atom stereocenters. The summed E-state index contributed by atoms with van der Waals surface area (Å²) in [4.78, 5) is 29.5. The first-order valence-corrected chi connectivity index (χ1v) is 11.8. The van der Waals surface area contributed by atoms with Gasteiger partial charge in [-0.3, -0.25) is 4.79 Å². The molecule has 0 aromatic carbocycles. The molecule has 170 valence electrons. The third-order valence-electron chi connectivity index (χ3n) is 7.39. The van der Waals surface area contributed by atoms with Crippen molar-refractivity contribution in [3.8, 4) is 5.88 Å². The van der Waals surface area contributed by atoms with Gasteiger partial charge in [0.15, 0.2) is 5.69 Å². The number of aromatic nitrogens is 2. The van der Waals surface area contributed by atoms with Crippen LogP contribution < -0.4 is 9.64 Å². The van der Waals surface area contributed by atoms with Gasteiger partial charge in [-0.1, -0.05) is 6.07 Å². The van der Waals surface area contributed by atoms with Crippen molar-refractivity contribution in [1.82, 2.24) is 19.8 Å². The Morgan fingerprint density at radius 2 is 1.97 bits per heavy atom. The molecular formula is C25H33N5O2. The molecule has 2 aromatic rings. The van der Waals surface area contributed by atoms with Gasteiger partial charge in [0.05, 0.1) is 12.3 Å². The number of aryl methyl sites for hydroxylation is 1. The van der Waals surface area contributed by atoms with Crippen LogP contribution in [-0.4, -0.2) is 78.1 Å². The van der Waals surface area contributed by atoms with Crippen molar-refractivity contribution in [2.75, 3.05) is 51.3 Å². The standard InChI is InChI=1S/C25H33N5O2/c1-18-6-9-22(29-13-11-28(2)12-14-29)24(27-18)25(31)30-16-19-7-8-21(30)15-20(19)17-32-23-5-3-4-10-26-23/h3-6,9-10,19-21H,7-8,11-17H2,1-2H3. The summed E-state index contributed by atoms with van der Waals surface area (Å²) in [7, 11) is 2.15. The minimum Gasteiger partial charge on any atom is -0.477 e. The van der Waals surface area contributed by atoms with Crippen LogP contribution in [0.2, 0.25) is 0 Å². The Morgan fingerprint density at radius 1 is 1.12 bits per heavy atom. The van der Waals surface area contributed by atoms with Gasteiger partial charge in [-0.05, 0) is 63.3 Å². The van der Waals surface area contributed by atoms with E-state index >= 15 is 0 Å². The maximum Gasteiger partial charge on any atom is 0.274 e. The van der Waals surface area contributed by atoms with E-state index in [-0.39, 0.29) is 11.9 Å². The van der Waals surface area contributed by atoms with Crippen molar-refractivity contribution in [3.05, 3.63) is 47.9 Å². The van der Waals surface area contributed by atoms with Crippen LogP contribution in [-0.2, 0) is 0 Å². The first-order chi connectivity index (χ1) is 15.6. The third kappa shape index (κ3) is 4.31. The number of piperazine rings is 1. The first kappa shape index (κ1) is 21.2. The Labute approximate surface area is 190 Å². The second-order valence-electron chi connectivity index (χ2n) is 9.53. The normalized spacial score (nSPS) is 25.8. The zero-order valence-corrected chi connectivity index (χ0v) is 19.1. The molecule has 0 N–H and O–H groups in total. The van der Waals surface area contributed by atoms with E-state index < -0.39 is 0 Å². The predicted molar refractivity (Wildman–Crippen MR) is 124 cm³/mol. The molecule has 7 heteroatoms. The van der Waals surface area contributed by atoms with Crippen molar-refractivity contribution in [2.45, 2.75) is 32.2 Å². The molecule has 4 fully saturated rings. The summed E-state index contributed by atoms with van der Waals surface area (Å²) in [5.41, 5.74) is 2.52. The summed E-state index contributed by atoms with van der Waals surface area (Å²) in [6.07, 6.45) is 5.00. The van der Waals surface area contributed by atoms with Crippen LogP contribution >= 0.6 is 0 Å². The summed E-state index contributed by atoms with van der Waals surface area (Å²) in [5, 5.41) is 0. The second kappa shape index (κ2) is 9.06. The van der Waals surface area contributed by atoms with Crippen molar-refractivity contribution in [2.24, 2.45) is 11.8 Å². The molecule has 1 amide bonds. The van der Waals surface area contributed by atoms with Gasteiger partial charge in [-0.2, -0.15) is 0 Å². The van der Waals surface area contributed by atoms with Crippen molar-refractivity contribution >= 4 is 11.6 Å². The lowest BCUT2D eigenvalue weighted by molar-refractivity contribution is -0.00503. The van der Waals surface area contributed by atoms with E-state index in [1.807, 2.05) is 31.2 Å². The van der Waals surface area contributed by atoms with Crippen LogP contribution in [0.3, 0.4) is 0 Å². The third-order valence-corrected chi connectivity index (χ3v) is 7.39. The zero-order chi connectivity index (χ0) is 22.1. The Balaban J connectivity index is 1.29. The van der Waals surface area contributed by atoms with E-state index in [9.17, 15) is 4.79 Å². The minimum atomic E-state index is 0.0985. The number of carbonyl (C=O) groups excluding carboxylic acids is 1. The highest BCUT2D eigenvalue weighted by Gasteiger charge is 2.43. The van der Waals surface area contributed by atoms with Crippen LogP contribution in [0.5, 0.6) is 5.88 Å². The van der Waals surface area contributed by atoms with Gasteiger partial charge < -0.3 is 19.4 Å². The average Bonchev–Trinajstić information content (AvgIpc) is 2.84.